The highest BCUT2D eigenvalue weighted by Crippen LogP contribution is 2.42. The monoisotopic (exact) mass is 259 g/mol. The van der Waals surface area contributed by atoms with Crippen LogP contribution in [0.15, 0.2) is 41.3 Å². The lowest BCUT2D eigenvalue weighted by molar-refractivity contribution is 0.137. The van der Waals surface area contributed by atoms with Crippen molar-refractivity contribution in [2.45, 2.75) is 25.8 Å². The van der Waals surface area contributed by atoms with Crippen molar-refractivity contribution in [3.63, 3.8) is 0 Å². The maximum atomic E-state index is 12.4. The third-order valence-corrected chi connectivity index (χ3v) is 4.81. The predicted molar refractivity (Wildman–Crippen MR) is 78.3 cm³/mol. The summed E-state index contributed by atoms with van der Waals surface area (Å²) in [7, 11) is 0. The molecule has 0 N–H and O–H groups in total. The minimum Gasteiger partial charge on any atom is -0.314 e. The van der Waals surface area contributed by atoms with Gasteiger partial charge in [-0.05, 0) is 41.5 Å². The molecule has 0 bridgehead atoms. The van der Waals surface area contributed by atoms with Crippen molar-refractivity contribution >= 4 is 23.4 Å². The molecule has 0 saturated heterocycles. The molecule has 1 aliphatic carbocycles. The van der Waals surface area contributed by atoms with E-state index in [-0.39, 0.29) is 11.0 Å². The molecule has 0 atom stereocenters. The first kappa shape index (κ1) is 11.8. The minimum atomic E-state index is 0.126. The number of thiol groups is 1. The molecule has 0 radical (unpaired) electrons. The van der Waals surface area contributed by atoms with Crippen LogP contribution in [-0.2, 0) is 6.54 Å². The average molecular weight is 259 g/mol. The molecule has 1 aliphatic rings. The molecule has 1 saturated carbocycles. The second-order valence-corrected chi connectivity index (χ2v) is 5.66. The normalized spacial score (nSPS) is 17.6. The Labute approximate surface area is 112 Å². The summed E-state index contributed by atoms with van der Waals surface area (Å²) in [5, 5.41) is 1.83. The van der Waals surface area contributed by atoms with Crippen LogP contribution in [0.2, 0.25) is 0 Å². The van der Waals surface area contributed by atoms with Crippen LogP contribution >= 0.6 is 12.6 Å². The molecule has 3 rings (SSSR count). The number of pyridine rings is 1. The first-order valence-corrected chi connectivity index (χ1v) is 7.06. The Kier molecular flexibility index (Phi) is 2.94. The van der Waals surface area contributed by atoms with Gasteiger partial charge in [0.15, 0.2) is 0 Å². The first-order valence-electron chi connectivity index (χ1n) is 6.43. The third-order valence-electron chi connectivity index (χ3n) is 4.14. The summed E-state index contributed by atoms with van der Waals surface area (Å²) < 4.78 is 1.86. The number of nitrogens with zero attached hydrogens (tertiary/aromatic N) is 1. The van der Waals surface area contributed by atoms with E-state index in [1.807, 2.05) is 41.1 Å². The number of benzene rings is 1. The van der Waals surface area contributed by atoms with Crippen molar-refractivity contribution in [3.8, 4) is 0 Å². The van der Waals surface area contributed by atoms with Crippen molar-refractivity contribution in [1.82, 2.24) is 4.57 Å². The van der Waals surface area contributed by atoms with Gasteiger partial charge in [0.25, 0.3) is 5.56 Å². The molecule has 2 nitrogen and oxygen atoms in total. The van der Waals surface area contributed by atoms with Gasteiger partial charge < -0.3 is 4.57 Å². The summed E-state index contributed by atoms with van der Waals surface area (Å²) in [5.41, 5.74) is 0.372. The molecule has 3 heteroatoms. The Hall–Kier alpha value is -1.22. The molecule has 94 valence electrons. The van der Waals surface area contributed by atoms with Crippen LogP contribution in [0, 0.1) is 5.41 Å². The van der Waals surface area contributed by atoms with Crippen LogP contribution in [-0.4, -0.2) is 10.3 Å². The molecule has 18 heavy (non-hydrogen) atoms. The lowest BCUT2D eigenvalue weighted by Crippen LogP contribution is -2.39. The predicted octanol–water partition coefficient (Wildman–Crippen LogP) is 3.10. The Morgan fingerprint density at radius 1 is 1.22 bits per heavy atom. The van der Waals surface area contributed by atoms with E-state index >= 15 is 0 Å². The maximum Gasteiger partial charge on any atom is 0.258 e. The largest absolute Gasteiger partial charge is 0.314 e. The van der Waals surface area contributed by atoms with E-state index in [4.69, 9.17) is 0 Å². The Bertz CT molecular complexity index is 622. The van der Waals surface area contributed by atoms with Gasteiger partial charge in [-0.25, -0.2) is 0 Å². The van der Waals surface area contributed by atoms with Gasteiger partial charge in [-0.1, -0.05) is 24.6 Å². The number of rotatable bonds is 3. The van der Waals surface area contributed by atoms with Crippen molar-refractivity contribution < 1.29 is 0 Å². The Morgan fingerprint density at radius 2 is 2.00 bits per heavy atom. The number of hydrogen-bond acceptors (Lipinski definition) is 2. The van der Waals surface area contributed by atoms with Crippen molar-refractivity contribution in [2.75, 3.05) is 5.75 Å². The lowest BCUT2D eigenvalue weighted by Gasteiger charge is -2.41. The molecule has 0 amide bonds. The van der Waals surface area contributed by atoms with E-state index in [1.165, 1.54) is 19.3 Å². The van der Waals surface area contributed by atoms with Crippen LogP contribution < -0.4 is 5.56 Å². The van der Waals surface area contributed by atoms with Gasteiger partial charge in [0.1, 0.15) is 0 Å². The van der Waals surface area contributed by atoms with Gasteiger partial charge in [0, 0.05) is 18.1 Å². The van der Waals surface area contributed by atoms with Gasteiger partial charge in [-0.3, -0.25) is 4.79 Å². The van der Waals surface area contributed by atoms with Crippen molar-refractivity contribution in [3.05, 3.63) is 46.9 Å². The molecule has 1 fully saturated rings. The summed E-state index contributed by atoms with van der Waals surface area (Å²) in [6, 6.07) is 9.81. The highest BCUT2D eigenvalue weighted by Gasteiger charge is 2.36. The fourth-order valence-corrected chi connectivity index (χ4v) is 3.17. The SMILES string of the molecule is O=c1c2ccccc2ccn1CC1(CS)CCC1. The average Bonchev–Trinajstić information content (AvgIpc) is 2.37. The molecule has 2 aromatic rings. The second kappa shape index (κ2) is 4.47. The summed E-state index contributed by atoms with van der Waals surface area (Å²) >= 11 is 4.46. The van der Waals surface area contributed by atoms with E-state index in [9.17, 15) is 4.79 Å². The molecule has 1 aromatic carbocycles. The molecular formula is C15H17NOS. The number of fused-ring (bicyclic) bond motifs is 1. The van der Waals surface area contributed by atoms with E-state index in [0.717, 1.165) is 23.1 Å². The van der Waals surface area contributed by atoms with Crippen LogP contribution in [0.4, 0.5) is 0 Å². The van der Waals surface area contributed by atoms with Gasteiger partial charge in [0.05, 0.1) is 0 Å². The van der Waals surface area contributed by atoms with E-state index in [2.05, 4.69) is 12.6 Å². The van der Waals surface area contributed by atoms with E-state index in [1.54, 1.807) is 0 Å². The molecule has 1 aromatic heterocycles. The van der Waals surface area contributed by atoms with Gasteiger partial charge >= 0.3 is 0 Å². The molecule has 0 spiro atoms. The highest BCUT2D eigenvalue weighted by molar-refractivity contribution is 7.80. The van der Waals surface area contributed by atoms with Crippen molar-refractivity contribution in [2.24, 2.45) is 5.41 Å². The second-order valence-electron chi connectivity index (χ2n) is 5.35. The van der Waals surface area contributed by atoms with Crippen LogP contribution in [0.1, 0.15) is 19.3 Å². The fourth-order valence-electron chi connectivity index (χ4n) is 2.76. The quantitative estimate of drug-likeness (QED) is 0.841. The summed E-state index contributed by atoms with van der Waals surface area (Å²) in [4.78, 5) is 12.4. The third kappa shape index (κ3) is 1.87. The zero-order valence-electron chi connectivity index (χ0n) is 10.3. The lowest BCUT2D eigenvalue weighted by atomic mass is 9.70. The number of hydrogen-bond donors (Lipinski definition) is 1. The van der Waals surface area contributed by atoms with Crippen LogP contribution in [0.25, 0.3) is 10.8 Å². The summed E-state index contributed by atoms with van der Waals surface area (Å²) in [6.07, 6.45) is 5.57. The molecule has 0 unspecified atom stereocenters. The number of aromatic nitrogens is 1. The summed E-state index contributed by atoms with van der Waals surface area (Å²) in [6.45, 7) is 0.806. The molecular weight excluding hydrogens is 242 g/mol. The zero-order chi connectivity index (χ0) is 12.6. The van der Waals surface area contributed by atoms with Gasteiger partial charge in [-0.2, -0.15) is 12.6 Å². The van der Waals surface area contributed by atoms with Gasteiger partial charge in [0.2, 0.25) is 0 Å². The Balaban J connectivity index is 2.03. The maximum absolute atomic E-state index is 12.4. The topological polar surface area (TPSA) is 22.0 Å². The van der Waals surface area contributed by atoms with Gasteiger partial charge in [-0.15, -0.1) is 0 Å². The molecule has 0 aliphatic heterocycles. The van der Waals surface area contributed by atoms with E-state index in [0.29, 0.717) is 0 Å². The van der Waals surface area contributed by atoms with Crippen LogP contribution in [0.5, 0.6) is 0 Å². The van der Waals surface area contributed by atoms with E-state index < -0.39 is 0 Å². The van der Waals surface area contributed by atoms with Crippen LogP contribution in [0.3, 0.4) is 0 Å². The standard InChI is InChI=1S/C15H17NOS/c17-14-13-5-2-1-4-12(13)6-9-16(14)10-15(11-18)7-3-8-15/h1-2,4-6,9,18H,3,7-8,10-11H2. The van der Waals surface area contributed by atoms with Crippen molar-refractivity contribution in [1.29, 1.82) is 0 Å². The zero-order valence-corrected chi connectivity index (χ0v) is 11.2. The summed E-state index contributed by atoms with van der Waals surface area (Å²) in [5.74, 6) is 0.867. The Morgan fingerprint density at radius 3 is 2.67 bits per heavy atom. The minimum absolute atomic E-state index is 0.126. The highest BCUT2D eigenvalue weighted by atomic mass is 32.1. The molecule has 1 heterocycles. The smallest absolute Gasteiger partial charge is 0.258 e. The first-order chi connectivity index (χ1) is 8.74. The fraction of sp³-hybridized carbons (Fsp3) is 0.400.